The second-order valence-electron chi connectivity index (χ2n) is 4.68. The van der Waals surface area contributed by atoms with Crippen molar-refractivity contribution in [2.75, 3.05) is 13.1 Å². The largest absolute Gasteiger partial charge is 0.297 e. The van der Waals surface area contributed by atoms with Crippen LogP contribution in [0.5, 0.6) is 0 Å². The molecule has 0 radical (unpaired) electrons. The fourth-order valence-corrected chi connectivity index (χ4v) is 2.46. The molecule has 2 rings (SSSR count). The van der Waals surface area contributed by atoms with Crippen LogP contribution in [0.1, 0.15) is 51.4 Å². The first-order valence-corrected chi connectivity index (χ1v) is 6.24. The molecule has 2 heteroatoms. The molecule has 0 spiro atoms. The van der Waals surface area contributed by atoms with Crippen LogP contribution in [0, 0.1) is 5.92 Å². The summed E-state index contributed by atoms with van der Waals surface area (Å²) in [6.45, 7) is 2.37. The molecule has 1 saturated heterocycles. The van der Waals surface area contributed by atoms with E-state index in [4.69, 9.17) is 0 Å². The summed E-state index contributed by atoms with van der Waals surface area (Å²) in [6, 6.07) is 0. The van der Waals surface area contributed by atoms with E-state index in [0.29, 0.717) is 0 Å². The second-order valence-corrected chi connectivity index (χ2v) is 4.68. The smallest absolute Gasteiger partial charge is 0.0360 e. The Balaban J connectivity index is 1.73. The Hall–Kier alpha value is -0.530. The Kier molecular flexibility index (Phi) is 3.84. The van der Waals surface area contributed by atoms with Crippen LogP contribution in [0.15, 0.2) is 5.10 Å². The highest BCUT2D eigenvalue weighted by Crippen LogP contribution is 2.22. The third kappa shape index (κ3) is 3.00. The molecule has 1 saturated carbocycles. The van der Waals surface area contributed by atoms with E-state index in [-0.39, 0.29) is 0 Å². The van der Waals surface area contributed by atoms with Gasteiger partial charge in [0, 0.05) is 19.3 Å². The molecule has 0 unspecified atom stereocenters. The molecular weight excluding hydrogens is 172 g/mol. The molecule has 0 bridgehead atoms. The van der Waals surface area contributed by atoms with Gasteiger partial charge in [0.05, 0.1) is 0 Å². The molecule has 80 valence electrons. The van der Waals surface area contributed by atoms with Crippen molar-refractivity contribution in [2.45, 2.75) is 51.4 Å². The van der Waals surface area contributed by atoms with E-state index in [2.05, 4.69) is 16.3 Å². The van der Waals surface area contributed by atoms with Crippen molar-refractivity contribution in [1.82, 2.24) is 5.01 Å². The third-order valence-electron chi connectivity index (χ3n) is 3.42. The minimum absolute atomic E-state index is 0.783. The molecule has 0 aromatic heterocycles. The Morgan fingerprint density at radius 3 is 2.21 bits per heavy atom. The van der Waals surface area contributed by atoms with E-state index in [1.54, 1.807) is 0 Å². The molecule has 1 aliphatic heterocycles. The molecule has 2 nitrogen and oxygen atoms in total. The third-order valence-corrected chi connectivity index (χ3v) is 3.42. The molecule has 2 aliphatic rings. The predicted molar refractivity (Wildman–Crippen MR) is 60.5 cm³/mol. The van der Waals surface area contributed by atoms with Crippen LogP contribution in [0.3, 0.4) is 0 Å². The van der Waals surface area contributed by atoms with E-state index >= 15 is 0 Å². The van der Waals surface area contributed by atoms with Crippen LogP contribution in [-0.4, -0.2) is 24.3 Å². The maximum atomic E-state index is 4.62. The first kappa shape index (κ1) is 10.0. The lowest BCUT2D eigenvalue weighted by atomic mass is 9.90. The van der Waals surface area contributed by atoms with Crippen molar-refractivity contribution in [3.8, 4) is 0 Å². The van der Waals surface area contributed by atoms with Crippen LogP contribution in [-0.2, 0) is 0 Å². The fraction of sp³-hybridized carbons (Fsp3) is 0.917. The van der Waals surface area contributed by atoms with E-state index in [1.165, 1.54) is 64.5 Å². The predicted octanol–water partition coefficient (Wildman–Crippen LogP) is 3.04. The highest BCUT2D eigenvalue weighted by atomic mass is 15.4. The second kappa shape index (κ2) is 5.38. The molecule has 0 aromatic carbocycles. The zero-order chi connectivity index (χ0) is 9.64. The maximum absolute atomic E-state index is 4.62. The van der Waals surface area contributed by atoms with Crippen molar-refractivity contribution in [1.29, 1.82) is 0 Å². The highest BCUT2D eigenvalue weighted by Gasteiger charge is 2.12. The van der Waals surface area contributed by atoms with Crippen LogP contribution < -0.4 is 0 Å². The van der Waals surface area contributed by atoms with Crippen molar-refractivity contribution in [3.63, 3.8) is 0 Å². The number of piperidine rings is 1. The number of rotatable bonds is 2. The van der Waals surface area contributed by atoms with E-state index < -0.39 is 0 Å². The van der Waals surface area contributed by atoms with Gasteiger partial charge in [-0.3, -0.25) is 5.01 Å². The SMILES string of the molecule is C(=N\N1CCCCC1)/C1CCCCC1. The standard InChI is InChI=1S/C12H22N2/c1-3-7-12(8-4-1)11-13-14-9-5-2-6-10-14/h11-12H,1-10H2/b13-11+. The number of hydrazone groups is 1. The Bertz CT molecular complexity index is 157. The zero-order valence-electron chi connectivity index (χ0n) is 9.12. The maximum Gasteiger partial charge on any atom is 0.0360 e. The molecular formula is C12H22N2. The minimum Gasteiger partial charge on any atom is -0.297 e. The van der Waals surface area contributed by atoms with Gasteiger partial charge in [-0.2, -0.15) is 5.10 Å². The number of nitrogens with zero attached hydrogens (tertiary/aromatic N) is 2. The zero-order valence-corrected chi connectivity index (χ0v) is 9.12. The van der Waals surface area contributed by atoms with Crippen LogP contribution in [0.2, 0.25) is 0 Å². The average Bonchev–Trinajstić information content (AvgIpc) is 2.29. The topological polar surface area (TPSA) is 15.6 Å². The van der Waals surface area contributed by atoms with Crippen molar-refractivity contribution < 1.29 is 0 Å². The molecule has 0 N–H and O–H groups in total. The highest BCUT2D eigenvalue weighted by molar-refractivity contribution is 5.60. The molecule has 14 heavy (non-hydrogen) atoms. The summed E-state index contributed by atoms with van der Waals surface area (Å²) in [4.78, 5) is 0. The summed E-state index contributed by atoms with van der Waals surface area (Å²) in [7, 11) is 0. The monoisotopic (exact) mass is 194 g/mol. The van der Waals surface area contributed by atoms with Crippen molar-refractivity contribution >= 4 is 6.21 Å². The summed E-state index contributed by atoms with van der Waals surface area (Å²) >= 11 is 0. The molecule has 0 atom stereocenters. The molecule has 1 aliphatic carbocycles. The summed E-state index contributed by atoms with van der Waals surface area (Å²) in [5, 5.41) is 6.88. The lowest BCUT2D eigenvalue weighted by molar-refractivity contribution is 0.238. The number of hydrogen-bond acceptors (Lipinski definition) is 2. The molecule has 1 heterocycles. The first-order chi connectivity index (χ1) is 6.95. The van der Waals surface area contributed by atoms with Crippen LogP contribution in [0.25, 0.3) is 0 Å². The molecule has 2 fully saturated rings. The minimum atomic E-state index is 0.783. The van der Waals surface area contributed by atoms with Crippen LogP contribution in [0.4, 0.5) is 0 Å². The van der Waals surface area contributed by atoms with Gasteiger partial charge in [0.2, 0.25) is 0 Å². The molecule has 0 aromatic rings. The number of hydrogen-bond donors (Lipinski definition) is 0. The van der Waals surface area contributed by atoms with Crippen molar-refractivity contribution in [2.24, 2.45) is 11.0 Å². The van der Waals surface area contributed by atoms with E-state index in [9.17, 15) is 0 Å². The molecule has 0 amide bonds. The van der Waals surface area contributed by atoms with Gasteiger partial charge >= 0.3 is 0 Å². The van der Waals surface area contributed by atoms with Gasteiger partial charge in [0.25, 0.3) is 0 Å². The van der Waals surface area contributed by atoms with Gasteiger partial charge in [-0.1, -0.05) is 19.3 Å². The van der Waals surface area contributed by atoms with E-state index in [1.807, 2.05) is 0 Å². The van der Waals surface area contributed by atoms with Gasteiger partial charge < -0.3 is 0 Å². The quantitative estimate of drug-likeness (QED) is 0.617. The summed E-state index contributed by atoms with van der Waals surface area (Å²) in [5.74, 6) is 0.783. The lowest BCUT2D eigenvalue weighted by Crippen LogP contribution is -2.25. The normalized spacial score (nSPS) is 25.9. The van der Waals surface area contributed by atoms with Gasteiger partial charge in [-0.25, -0.2) is 0 Å². The van der Waals surface area contributed by atoms with Gasteiger partial charge in [-0.15, -0.1) is 0 Å². The summed E-state index contributed by atoms with van der Waals surface area (Å²) in [6.07, 6.45) is 13.3. The van der Waals surface area contributed by atoms with Crippen molar-refractivity contribution in [3.05, 3.63) is 0 Å². The van der Waals surface area contributed by atoms with E-state index in [0.717, 1.165) is 5.92 Å². The fourth-order valence-electron chi connectivity index (χ4n) is 2.46. The Labute approximate surface area is 87.4 Å². The van der Waals surface area contributed by atoms with Gasteiger partial charge in [-0.05, 0) is 38.0 Å². The van der Waals surface area contributed by atoms with Gasteiger partial charge in [0.15, 0.2) is 0 Å². The summed E-state index contributed by atoms with van der Waals surface area (Å²) in [5.41, 5.74) is 0. The average molecular weight is 194 g/mol. The summed E-state index contributed by atoms with van der Waals surface area (Å²) < 4.78 is 0. The van der Waals surface area contributed by atoms with Gasteiger partial charge in [0.1, 0.15) is 0 Å². The van der Waals surface area contributed by atoms with Crippen LogP contribution >= 0.6 is 0 Å². The first-order valence-electron chi connectivity index (χ1n) is 6.24. The lowest BCUT2D eigenvalue weighted by Gasteiger charge is -2.25. The Morgan fingerprint density at radius 2 is 1.50 bits per heavy atom. The Morgan fingerprint density at radius 1 is 0.857 bits per heavy atom.